The fourth-order valence-corrected chi connectivity index (χ4v) is 1.21. The van der Waals surface area contributed by atoms with Crippen molar-refractivity contribution in [2.24, 2.45) is 5.41 Å². The van der Waals surface area contributed by atoms with Crippen molar-refractivity contribution in [1.29, 1.82) is 0 Å². The molecule has 0 atom stereocenters. The number of hydrogen-bond acceptors (Lipinski definition) is 3. The molecule has 0 bridgehead atoms. The number of rotatable bonds is 7. The maximum Gasteiger partial charge on any atom is 0.333 e. The van der Waals surface area contributed by atoms with Gasteiger partial charge >= 0.3 is 11.9 Å². The van der Waals surface area contributed by atoms with E-state index in [0.29, 0.717) is 30.6 Å². The highest BCUT2D eigenvalue weighted by Crippen LogP contribution is 2.24. The van der Waals surface area contributed by atoms with Crippen molar-refractivity contribution in [3.05, 3.63) is 23.8 Å². The minimum absolute atomic E-state index is 0.279. The van der Waals surface area contributed by atoms with Crippen molar-refractivity contribution in [3.63, 3.8) is 0 Å². The molecule has 0 amide bonds. The van der Waals surface area contributed by atoms with Gasteiger partial charge in [0.1, 0.15) is 0 Å². The highest BCUT2D eigenvalue weighted by atomic mass is 16.5. The fraction of sp³-hybridized carbons (Fsp3) is 0.600. The highest BCUT2D eigenvalue weighted by molar-refractivity contribution is 5.89. The Bertz CT molecular complexity index is 372. The van der Waals surface area contributed by atoms with E-state index in [1.54, 1.807) is 13.0 Å². The number of hydrogen-bond donors (Lipinski definition) is 1. The van der Waals surface area contributed by atoms with Crippen LogP contribution < -0.4 is 0 Å². The van der Waals surface area contributed by atoms with Gasteiger partial charge in [0, 0.05) is 11.1 Å². The lowest BCUT2D eigenvalue weighted by molar-refractivity contribution is -0.140. The monoisotopic (exact) mass is 268 g/mol. The van der Waals surface area contributed by atoms with Crippen LogP contribution in [0.2, 0.25) is 0 Å². The summed E-state index contributed by atoms with van der Waals surface area (Å²) in [4.78, 5) is 22.1. The quantitative estimate of drug-likeness (QED) is 0.437. The SMILES string of the molecule is C=C(C(=O)OCCCCC=C(C)C(=O)O)C(C)(C)C. The molecule has 0 aliphatic carbocycles. The van der Waals surface area contributed by atoms with Gasteiger partial charge in [-0.15, -0.1) is 0 Å². The predicted octanol–water partition coefficient (Wildman–Crippen LogP) is 3.33. The summed E-state index contributed by atoms with van der Waals surface area (Å²) < 4.78 is 5.11. The van der Waals surface area contributed by atoms with Gasteiger partial charge in [0.15, 0.2) is 0 Å². The smallest absolute Gasteiger partial charge is 0.333 e. The third kappa shape index (κ3) is 7.44. The first-order chi connectivity index (χ1) is 8.66. The van der Waals surface area contributed by atoms with E-state index in [1.807, 2.05) is 20.8 Å². The van der Waals surface area contributed by atoms with Crippen LogP contribution in [0.1, 0.15) is 47.0 Å². The lowest BCUT2D eigenvalue weighted by Crippen LogP contribution is -2.19. The van der Waals surface area contributed by atoms with Crippen molar-refractivity contribution in [2.45, 2.75) is 47.0 Å². The van der Waals surface area contributed by atoms with Gasteiger partial charge in [-0.05, 0) is 31.6 Å². The Morgan fingerprint density at radius 1 is 1.26 bits per heavy atom. The molecule has 4 nitrogen and oxygen atoms in total. The summed E-state index contributed by atoms with van der Waals surface area (Å²) in [7, 11) is 0. The van der Waals surface area contributed by atoms with Crippen molar-refractivity contribution in [3.8, 4) is 0 Å². The molecule has 0 aromatic carbocycles. The molecule has 0 radical (unpaired) electrons. The van der Waals surface area contributed by atoms with E-state index in [1.165, 1.54) is 0 Å². The van der Waals surface area contributed by atoms with Crippen LogP contribution >= 0.6 is 0 Å². The van der Waals surface area contributed by atoms with Crippen LogP contribution in [0.4, 0.5) is 0 Å². The first-order valence-corrected chi connectivity index (χ1v) is 6.43. The number of carbonyl (C=O) groups is 2. The molecule has 0 aliphatic rings. The Kier molecular flexibility index (Phi) is 7.12. The van der Waals surface area contributed by atoms with Gasteiger partial charge in [-0.25, -0.2) is 9.59 Å². The average molecular weight is 268 g/mol. The van der Waals surface area contributed by atoms with Gasteiger partial charge in [0.25, 0.3) is 0 Å². The van der Waals surface area contributed by atoms with E-state index >= 15 is 0 Å². The average Bonchev–Trinajstić information content (AvgIpc) is 2.30. The highest BCUT2D eigenvalue weighted by Gasteiger charge is 2.22. The largest absolute Gasteiger partial charge is 0.478 e. The molecule has 4 heteroatoms. The molecule has 0 aromatic rings. The first-order valence-electron chi connectivity index (χ1n) is 6.43. The lowest BCUT2D eigenvalue weighted by atomic mass is 9.88. The summed E-state index contributed by atoms with van der Waals surface area (Å²) >= 11 is 0. The minimum atomic E-state index is -0.895. The topological polar surface area (TPSA) is 63.6 Å². The van der Waals surface area contributed by atoms with Gasteiger partial charge in [-0.3, -0.25) is 0 Å². The van der Waals surface area contributed by atoms with E-state index < -0.39 is 5.97 Å². The summed E-state index contributed by atoms with van der Waals surface area (Å²) in [5, 5.41) is 8.65. The summed E-state index contributed by atoms with van der Waals surface area (Å²) in [5.74, 6) is -1.25. The summed E-state index contributed by atoms with van der Waals surface area (Å²) in [6.45, 7) is 11.4. The van der Waals surface area contributed by atoms with Crippen LogP contribution in [0.3, 0.4) is 0 Å². The molecule has 0 rings (SSSR count). The summed E-state index contributed by atoms with van der Waals surface area (Å²) in [6.07, 6.45) is 3.86. The maximum absolute atomic E-state index is 11.6. The second-order valence-electron chi connectivity index (χ2n) is 5.55. The molecule has 0 fully saturated rings. The number of carbonyl (C=O) groups excluding carboxylic acids is 1. The molecule has 108 valence electrons. The zero-order valence-electron chi connectivity index (χ0n) is 12.3. The number of carboxylic acids is 1. The van der Waals surface area contributed by atoms with Gasteiger partial charge in [0.05, 0.1) is 6.61 Å². The van der Waals surface area contributed by atoms with Crippen molar-refractivity contribution >= 4 is 11.9 Å². The predicted molar refractivity (Wildman–Crippen MR) is 74.8 cm³/mol. The van der Waals surface area contributed by atoms with Crippen LogP contribution in [-0.4, -0.2) is 23.7 Å². The van der Waals surface area contributed by atoms with E-state index in [0.717, 1.165) is 6.42 Å². The van der Waals surface area contributed by atoms with Crippen LogP contribution in [-0.2, 0) is 14.3 Å². The molecule has 0 unspecified atom stereocenters. The Morgan fingerprint density at radius 3 is 2.32 bits per heavy atom. The van der Waals surface area contributed by atoms with E-state index in [2.05, 4.69) is 6.58 Å². The molecule has 0 aliphatic heterocycles. The standard InChI is InChI=1S/C15H24O4/c1-11(13(16)17)9-7-6-8-10-19-14(18)12(2)15(3,4)5/h9H,2,6-8,10H2,1,3-5H3,(H,16,17). The van der Waals surface area contributed by atoms with Crippen LogP contribution in [0.15, 0.2) is 23.8 Å². The number of aliphatic carboxylic acids is 1. The van der Waals surface area contributed by atoms with Crippen molar-refractivity contribution in [1.82, 2.24) is 0 Å². The molecular weight excluding hydrogens is 244 g/mol. The molecule has 0 spiro atoms. The van der Waals surface area contributed by atoms with E-state index in [9.17, 15) is 9.59 Å². The number of esters is 1. The Morgan fingerprint density at radius 2 is 1.84 bits per heavy atom. The Balaban J connectivity index is 3.83. The molecule has 0 saturated heterocycles. The van der Waals surface area contributed by atoms with Gasteiger partial charge in [-0.1, -0.05) is 33.4 Å². The normalized spacial score (nSPS) is 12.1. The molecule has 0 heterocycles. The summed E-state index contributed by atoms with van der Waals surface area (Å²) in [6, 6.07) is 0. The second kappa shape index (κ2) is 7.77. The second-order valence-corrected chi connectivity index (χ2v) is 5.55. The van der Waals surface area contributed by atoms with Crippen LogP contribution in [0.5, 0.6) is 0 Å². The molecular formula is C15H24O4. The number of ether oxygens (including phenoxy) is 1. The zero-order valence-corrected chi connectivity index (χ0v) is 12.3. The molecule has 19 heavy (non-hydrogen) atoms. The zero-order chi connectivity index (χ0) is 15.1. The molecule has 0 saturated carbocycles. The van der Waals surface area contributed by atoms with E-state index in [-0.39, 0.29) is 11.4 Å². The van der Waals surface area contributed by atoms with Crippen LogP contribution in [0, 0.1) is 5.41 Å². The Hall–Kier alpha value is -1.58. The fourth-order valence-electron chi connectivity index (χ4n) is 1.21. The molecule has 1 N–H and O–H groups in total. The van der Waals surface area contributed by atoms with Crippen molar-refractivity contribution in [2.75, 3.05) is 6.61 Å². The molecule has 0 aromatic heterocycles. The lowest BCUT2D eigenvalue weighted by Gasteiger charge is -2.19. The third-order valence-electron chi connectivity index (χ3n) is 2.77. The van der Waals surface area contributed by atoms with Crippen molar-refractivity contribution < 1.29 is 19.4 Å². The van der Waals surface area contributed by atoms with Crippen LogP contribution in [0.25, 0.3) is 0 Å². The maximum atomic E-state index is 11.6. The summed E-state index contributed by atoms with van der Waals surface area (Å²) in [5.41, 5.74) is 0.533. The van der Waals surface area contributed by atoms with Gasteiger partial charge < -0.3 is 9.84 Å². The van der Waals surface area contributed by atoms with Gasteiger partial charge in [-0.2, -0.15) is 0 Å². The minimum Gasteiger partial charge on any atom is -0.478 e. The third-order valence-corrected chi connectivity index (χ3v) is 2.77. The number of carboxylic acid groups (broad SMARTS) is 1. The van der Waals surface area contributed by atoms with Gasteiger partial charge in [0.2, 0.25) is 0 Å². The number of allylic oxidation sites excluding steroid dienone is 1. The van der Waals surface area contributed by atoms with E-state index in [4.69, 9.17) is 9.84 Å². The Labute approximate surface area is 115 Å². The first kappa shape index (κ1) is 17.4. The number of unbranched alkanes of at least 4 members (excludes halogenated alkanes) is 2.